The van der Waals surface area contributed by atoms with Crippen molar-refractivity contribution in [1.29, 1.82) is 0 Å². The maximum atomic E-state index is 12.2. The van der Waals surface area contributed by atoms with E-state index in [-0.39, 0.29) is 35.4 Å². The Balaban J connectivity index is 0.00000280. The predicted molar refractivity (Wildman–Crippen MR) is 124 cm³/mol. The molecule has 0 saturated carbocycles. The number of aryl methyl sites for hydroxylation is 1. The summed E-state index contributed by atoms with van der Waals surface area (Å²) in [5, 5.41) is 2.99. The third-order valence-electron chi connectivity index (χ3n) is 4.30. The average Bonchev–Trinajstić information content (AvgIpc) is 3.20. The molecule has 11 heteroatoms. The van der Waals surface area contributed by atoms with Crippen LogP contribution in [0.2, 0.25) is 0 Å². The lowest BCUT2D eigenvalue weighted by molar-refractivity contribution is 0.380. The molecule has 0 bridgehead atoms. The summed E-state index contributed by atoms with van der Waals surface area (Å²) in [6, 6.07) is 6.74. The van der Waals surface area contributed by atoms with E-state index in [1.165, 1.54) is 0 Å². The van der Waals surface area contributed by atoms with Crippen LogP contribution in [0.5, 0.6) is 0 Å². The van der Waals surface area contributed by atoms with E-state index in [0.717, 1.165) is 36.9 Å². The summed E-state index contributed by atoms with van der Waals surface area (Å²) in [6.07, 6.45) is 1.81. The Morgan fingerprint density at radius 2 is 1.93 bits per heavy atom. The molecule has 2 aromatic rings. The largest absolute Gasteiger partial charge is 0.370 e. The van der Waals surface area contributed by atoms with Gasteiger partial charge in [-0.3, -0.25) is 4.99 Å². The van der Waals surface area contributed by atoms with Gasteiger partial charge in [0, 0.05) is 44.3 Å². The molecular weight excluding hydrogens is 511 g/mol. The molecule has 3 N–H and O–H groups in total. The van der Waals surface area contributed by atoms with Crippen LogP contribution in [-0.2, 0) is 10.0 Å². The van der Waals surface area contributed by atoms with Crippen molar-refractivity contribution < 1.29 is 8.42 Å². The summed E-state index contributed by atoms with van der Waals surface area (Å²) in [5.41, 5.74) is 7.07. The number of piperazine rings is 1. The van der Waals surface area contributed by atoms with Crippen LogP contribution in [-0.4, -0.2) is 63.5 Å². The molecule has 0 unspecified atom stereocenters. The Kier molecular flexibility index (Phi) is 8.46. The van der Waals surface area contributed by atoms with Gasteiger partial charge in [0.25, 0.3) is 0 Å². The van der Waals surface area contributed by atoms with Crippen molar-refractivity contribution in [1.82, 2.24) is 14.6 Å². The smallest absolute Gasteiger partial charge is 0.240 e. The summed E-state index contributed by atoms with van der Waals surface area (Å²) in [6.45, 7) is 5.62. The number of aliphatic imine (C=N–C) groups is 1. The number of hydrogen-bond acceptors (Lipinski definition) is 6. The molecule has 1 aromatic carbocycles. The minimum absolute atomic E-state index is 0. The highest BCUT2D eigenvalue weighted by Crippen LogP contribution is 2.18. The number of nitrogens with two attached hydrogens (primary N) is 1. The number of halogens is 1. The summed E-state index contributed by atoms with van der Waals surface area (Å²) in [7, 11) is -3.52. The van der Waals surface area contributed by atoms with Gasteiger partial charge in [-0.2, -0.15) is 0 Å². The zero-order chi connectivity index (χ0) is 19.3. The Bertz CT molecular complexity index is 864. The molecule has 0 aliphatic carbocycles. The molecule has 28 heavy (non-hydrogen) atoms. The number of nitrogens with one attached hydrogen (secondary N) is 1. The second-order valence-corrected chi connectivity index (χ2v) is 8.88. The first-order valence-electron chi connectivity index (χ1n) is 8.71. The highest BCUT2D eigenvalue weighted by Gasteiger charge is 2.19. The number of aromatic nitrogens is 1. The van der Waals surface area contributed by atoms with Gasteiger partial charge in [0.2, 0.25) is 10.0 Å². The topological polar surface area (TPSA) is 104 Å². The lowest BCUT2D eigenvalue weighted by atomic mass is 10.2. The second-order valence-electron chi connectivity index (χ2n) is 6.24. The Morgan fingerprint density at radius 1 is 1.25 bits per heavy atom. The van der Waals surface area contributed by atoms with Crippen molar-refractivity contribution in [2.75, 3.05) is 44.2 Å². The number of sulfonamides is 1. The second kappa shape index (κ2) is 10.4. The minimum atomic E-state index is -3.52. The van der Waals surface area contributed by atoms with E-state index in [2.05, 4.69) is 19.6 Å². The Morgan fingerprint density at radius 3 is 2.54 bits per heavy atom. The van der Waals surface area contributed by atoms with Crippen LogP contribution in [0.25, 0.3) is 0 Å². The average molecular weight is 536 g/mol. The molecular formula is C17H25IN6O2S2. The molecule has 1 aliphatic heterocycles. The highest BCUT2D eigenvalue weighted by atomic mass is 127. The molecule has 1 saturated heterocycles. The standard InChI is InChI=1S/C17H24N6O2S2.HI/c1-14-2-4-15(5-3-14)27(24,25)21-7-6-19-16(18)22-9-11-23(12-10-22)17-20-8-13-26-17;/h2-5,8,13,21H,6-7,9-12H2,1H3,(H2,18,19);1H. The first kappa shape index (κ1) is 22.8. The molecule has 0 spiro atoms. The Labute approximate surface area is 186 Å². The van der Waals surface area contributed by atoms with Crippen LogP contribution < -0.4 is 15.4 Å². The van der Waals surface area contributed by atoms with E-state index >= 15 is 0 Å². The molecule has 1 aliphatic rings. The van der Waals surface area contributed by atoms with Gasteiger partial charge >= 0.3 is 0 Å². The molecule has 0 radical (unpaired) electrons. The molecule has 8 nitrogen and oxygen atoms in total. The van der Waals surface area contributed by atoms with Crippen molar-refractivity contribution in [3.63, 3.8) is 0 Å². The van der Waals surface area contributed by atoms with E-state index in [1.54, 1.807) is 41.8 Å². The van der Waals surface area contributed by atoms with Gasteiger partial charge in [-0.1, -0.05) is 17.7 Å². The fourth-order valence-corrected chi connectivity index (χ4v) is 4.47. The zero-order valence-corrected chi connectivity index (χ0v) is 19.6. The lowest BCUT2D eigenvalue weighted by Gasteiger charge is -2.35. The monoisotopic (exact) mass is 536 g/mol. The first-order valence-corrected chi connectivity index (χ1v) is 11.1. The van der Waals surface area contributed by atoms with E-state index in [0.29, 0.717) is 12.5 Å². The third-order valence-corrected chi connectivity index (χ3v) is 6.61. The molecule has 2 heterocycles. The van der Waals surface area contributed by atoms with Gasteiger partial charge in [-0.25, -0.2) is 18.1 Å². The van der Waals surface area contributed by atoms with Gasteiger partial charge in [-0.15, -0.1) is 35.3 Å². The van der Waals surface area contributed by atoms with Crippen LogP contribution in [0.15, 0.2) is 45.7 Å². The fourth-order valence-electron chi connectivity index (χ4n) is 2.75. The molecule has 0 atom stereocenters. The van der Waals surface area contributed by atoms with Crippen molar-refractivity contribution in [2.24, 2.45) is 10.7 Å². The number of thiazole rings is 1. The van der Waals surface area contributed by atoms with Gasteiger partial charge in [0.1, 0.15) is 0 Å². The van der Waals surface area contributed by atoms with E-state index in [9.17, 15) is 8.42 Å². The van der Waals surface area contributed by atoms with Crippen molar-refractivity contribution >= 4 is 56.4 Å². The highest BCUT2D eigenvalue weighted by molar-refractivity contribution is 14.0. The fraction of sp³-hybridized carbons (Fsp3) is 0.412. The normalized spacial score (nSPS) is 15.4. The predicted octanol–water partition coefficient (Wildman–Crippen LogP) is 1.48. The van der Waals surface area contributed by atoms with E-state index in [1.807, 2.05) is 17.2 Å². The molecule has 0 amide bonds. The first-order chi connectivity index (χ1) is 13.0. The van der Waals surface area contributed by atoms with Gasteiger partial charge in [0.15, 0.2) is 11.1 Å². The van der Waals surface area contributed by atoms with Crippen LogP contribution in [0, 0.1) is 6.92 Å². The van der Waals surface area contributed by atoms with Crippen LogP contribution >= 0.6 is 35.3 Å². The quantitative estimate of drug-likeness (QED) is 0.251. The van der Waals surface area contributed by atoms with Crippen molar-refractivity contribution in [2.45, 2.75) is 11.8 Å². The van der Waals surface area contributed by atoms with Gasteiger partial charge < -0.3 is 15.5 Å². The number of nitrogens with zero attached hydrogens (tertiary/aromatic N) is 4. The summed E-state index contributed by atoms with van der Waals surface area (Å²) >= 11 is 1.63. The molecule has 3 rings (SSSR count). The molecule has 1 aromatic heterocycles. The summed E-state index contributed by atoms with van der Waals surface area (Å²) < 4.78 is 27.0. The lowest BCUT2D eigenvalue weighted by Crippen LogP contribution is -2.51. The number of rotatable bonds is 6. The number of benzene rings is 1. The molecule has 154 valence electrons. The van der Waals surface area contributed by atoms with Gasteiger partial charge in [-0.05, 0) is 19.1 Å². The summed E-state index contributed by atoms with van der Waals surface area (Å²) in [5.74, 6) is 0.448. The van der Waals surface area contributed by atoms with Gasteiger partial charge in [0.05, 0.1) is 11.4 Å². The van der Waals surface area contributed by atoms with Crippen LogP contribution in [0.4, 0.5) is 5.13 Å². The van der Waals surface area contributed by atoms with Crippen molar-refractivity contribution in [3.05, 3.63) is 41.4 Å². The van der Waals surface area contributed by atoms with Crippen LogP contribution in [0.1, 0.15) is 5.56 Å². The third kappa shape index (κ3) is 6.03. The number of hydrogen-bond donors (Lipinski definition) is 2. The Hall–Kier alpha value is -1.44. The SMILES string of the molecule is Cc1ccc(S(=O)(=O)NCCN=C(N)N2CCN(c3nccs3)CC2)cc1.I. The summed E-state index contributed by atoms with van der Waals surface area (Å²) in [4.78, 5) is 13.1. The zero-order valence-electron chi connectivity index (χ0n) is 15.6. The molecule has 1 fully saturated rings. The number of anilines is 1. The van der Waals surface area contributed by atoms with Crippen LogP contribution in [0.3, 0.4) is 0 Å². The number of guanidine groups is 1. The van der Waals surface area contributed by atoms with Crippen molar-refractivity contribution in [3.8, 4) is 0 Å². The maximum absolute atomic E-state index is 12.2. The van der Waals surface area contributed by atoms with E-state index < -0.39 is 10.0 Å². The minimum Gasteiger partial charge on any atom is -0.370 e. The maximum Gasteiger partial charge on any atom is 0.240 e. The van der Waals surface area contributed by atoms with E-state index in [4.69, 9.17) is 5.73 Å².